The molecule has 13 rings (SSSR count). The van der Waals surface area contributed by atoms with E-state index < -0.39 is 0 Å². The summed E-state index contributed by atoms with van der Waals surface area (Å²) in [6, 6.07) is 65.4. The number of hydrogen-bond acceptors (Lipinski definition) is 2. The van der Waals surface area contributed by atoms with Crippen LogP contribution in [0.3, 0.4) is 0 Å². The van der Waals surface area contributed by atoms with Crippen molar-refractivity contribution in [2.75, 3.05) is 0 Å². The zero-order valence-electron chi connectivity index (χ0n) is 34.1. The van der Waals surface area contributed by atoms with Crippen LogP contribution in [0.5, 0.6) is 0 Å². The van der Waals surface area contributed by atoms with Crippen molar-refractivity contribution >= 4 is 82.4 Å². The van der Waals surface area contributed by atoms with E-state index in [9.17, 15) is 10.5 Å². The number of allylic oxidation sites excluding steroid dienone is 1. The summed E-state index contributed by atoms with van der Waals surface area (Å²) in [4.78, 5) is 0. The number of rotatable bonds is 5. The molecule has 1 aliphatic rings. The molecule has 0 saturated heterocycles. The summed E-state index contributed by atoms with van der Waals surface area (Å²) in [5, 5.41) is 31.2. The minimum absolute atomic E-state index is 0.0444. The molecule has 4 aromatic heterocycles. The molecule has 0 bridgehead atoms. The molecule has 0 unspecified atom stereocenters. The molecule has 4 heterocycles. The van der Waals surface area contributed by atoms with E-state index in [2.05, 4.69) is 212 Å². The Hall–Kier alpha value is -8.58. The van der Waals surface area contributed by atoms with Crippen molar-refractivity contribution in [3.63, 3.8) is 0 Å². The third kappa shape index (κ3) is 4.75. The number of benzene rings is 8. The Labute approximate surface area is 362 Å². The Balaban J connectivity index is 1.39. The average molecular weight is 805 g/mol. The van der Waals surface area contributed by atoms with Gasteiger partial charge in [0.05, 0.1) is 73.9 Å². The van der Waals surface area contributed by atoms with Crippen molar-refractivity contribution in [3.8, 4) is 34.9 Å². The molecule has 63 heavy (non-hydrogen) atoms. The Morgan fingerprint density at radius 2 is 0.762 bits per heavy atom. The SMILES string of the molecule is N#CCc1c(-n2c3ccccc3c3ccccc32)c(C#N)c(-n2c3ccccc3c3ccccc32)c(-n2c3c(c4ccccc42)C=CCC3)c1-n1c2ccccc2c2ccccc21. The van der Waals surface area contributed by atoms with E-state index >= 15 is 0 Å². The van der Waals surface area contributed by atoms with E-state index in [1.807, 2.05) is 0 Å². The van der Waals surface area contributed by atoms with Gasteiger partial charge in [-0.15, -0.1) is 0 Å². The van der Waals surface area contributed by atoms with Crippen molar-refractivity contribution < 1.29 is 0 Å². The van der Waals surface area contributed by atoms with Crippen molar-refractivity contribution in [1.82, 2.24) is 18.3 Å². The smallest absolute Gasteiger partial charge is 0.104 e. The molecule has 0 atom stereocenters. The van der Waals surface area contributed by atoms with Crippen LogP contribution in [0.15, 0.2) is 176 Å². The fraction of sp³-hybridized carbons (Fsp3) is 0.0526. The van der Waals surface area contributed by atoms with Crippen LogP contribution >= 0.6 is 0 Å². The lowest BCUT2D eigenvalue weighted by Gasteiger charge is -2.29. The second-order valence-corrected chi connectivity index (χ2v) is 16.5. The number of nitrogens with zero attached hydrogens (tertiary/aromatic N) is 6. The van der Waals surface area contributed by atoms with E-state index in [1.165, 1.54) is 11.3 Å². The predicted octanol–water partition coefficient (Wildman–Crippen LogP) is 13.8. The summed E-state index contributed by atoms with van der Waals surface area (Å²) in [7, 11) is 0. The first-order chi connectivity index (χ1) is 31.3. The van der Waals surface area contributed by atoms with Gasteiger partial charge in [-0.3, -0.25) is 0 Å². The summed E-state index contributed by atoms with van der Waals surface area (Å²) in [6.07, 6.45) is 6.28. The summed E-state index contributed by atoms with van der Waals surface area (Å²) in [5.74, 6) is 0. The molecule has 0 radical (unpaired) electrons. The maximum atomic E-state index is 12.2. The van der Waals surface area contributed by atoms with E-state index in [1.54, 1.807) is 0 Å². The first kappa shape index (κ1) is 35.2. The van der Waals surface area contributed by atoms with Gasteiger partial charge in [0.2, 0.25) is 0 Å². The summed E-state index contributed by atoms with van der Waals surface area (Å²) >= 11 is 0. The fourth-order valence-corrected chi connectivity index (χ4v) is 10.9. The van der Waals surface area contributed by atoms with Gasteiger partial charge in [-0.1, -0.05) is 140 Å². The first-order valence-electron chi connectivity index (χ1n) is 21.5. The maximum absolute atomic E-state index is 12.2. The number of aromatic nitrogens is 4. The zero-order valence-corrected chi connectivity index (χ0v) is 34.1. The third-order valence-electron chi connectivity index (χ3n) is 13.3. The third-order valence-corrected chi connectivity index (χ3v) is 13.3. The molecule has 12 aromatic rings. The highest BCUT2D eigenvalue weighted by molar-refractivity contribution is 6.14. The summed E-state index contributed by atoms with van der Waals surface area (Å²) < 4.78 is 9.44. The molecule has 294 valence electrons. The Kier molecular flexibility index (Phi) is 7.52. The molecule has 0 N–H and O–H groups in total. The van der Waals surface area contributed by atoms with Gasteiger partial charge in [0, 0.05) is 54.5 Å². The lowest BCUT2D eigenvalue weighted by molar-refractivity contribution is 0.873. The van der Waals surface area contributed by atoms with Crippen molar-refractivity contribution in [1.29, 1.82) is 10.5 Å². The van der Waals surface area contributed by atoms with Crippen LogP contribution in [0.25, 0.3) is 105 Å². The highest BCUT2D eigenvalue weighted by atomic mass is 15.1. The van der Waals surface area contributed by atoms with Crippen LogP contribution in [0, 0.1) is 22.7 Å². The van der Waals surface area contributed by atoms with Crippen LogP contribution in [0.4, 0.5) is 0 Å². The summed E-state index contributed by atoms with van der Waals surface area (Å²) in [5.41, 5.74) is 13.9. The standard InChI is InChI=1S/C57H36N6/c58-34-33-44-54(60-46-25-9-1-17-36(46)37-18-2-10-26-47(37)60)45(35-59)56(62-50-29-13-5-21-40(50)41-22-6-14-30-51(41)62)57(63-52-31-15-7-23-42(52)43-24-8-16-32-53(43)63)55(44)61-48-27-11-3-19-38(48)39-20-4-12-28-49(39)61/h1-15,17-31H,16,32-33H2. The number of hydrogen-bond donors (Lipinski definition) is 0. The van der Waals surface area contributed by atoms with Crippen LogP contribution in [-0.4, -0.2) is 18.3 Å². The molecule has 1 aliphatic carbocycles. The molecule has 0 spiro atoms. The molecule has 0 saturated carbocycles. The van der Waals surface area contributed by atoms with Gasteiger partial charge in [-0.2, -0.15) is 10.5 Å². The molecule has 6 nitrogen and oxygen atoms in total. The highest BCUT2D eigenvalue weighted by Gasteiger charge is 2.34. The van der Waals surface area contributed by atoms with Crippen LogP contribution in [-0.2, 0) is 12.8 Å². The second kappa shape index (κ2) is 13.5. The number of para-hydroxylation sites is 7. The van der Waals surface area contributed by atoms with Crippen LogP contribution in [0.2, 0.25) is 0 Å². The summed E-state index contributed by atoms with van der Waals surface area (Å²) in [6.45, 7) is 0. The van der Waals surface area contributed by atoms with Crippen LogP contribution in [0.1, 0.15) is 28.8 Å². The monoisotopic (exact) mass is 804 g/mol. The minimum atomic E-state index is 0.0444. The van der Waals surface area contributed by atoms with E-state index in [0.717, 1.165) is 112 Å². The van der Waals surface area contributed by atoms with Crippen molar-refractivity contribution in [3.05, 3.63) is 198 Å². The van der Waals surface area contributed by atoms with E-state index in [-0.39, 0.29) is 6.42 Å². The van der Waals surface area contributed by atoms with Crippen molar-refractivity contribution in [2.24, 2.45) is 0 Å². The maximum Gasteiger partial charge on any atom is 0.104 e. The predicted molar refractivity (Wildman–Crippen MR) is 258 cm³/mol. The fourth-order valence-electron chi connectivity index (χ4n) is 10.9. The molecule has 0 fully saturated rings. The molecular weight excluding hydrogens is 769 g/mol. The van der Waals surface area contributed by atoms with Gasteiger partial charge >= 0.3 is 0 Å². The van der Waals surface area contributed by atoms with Gasteiger partial charge in [-0.05, 0) is 55.3 Å². The normalized spacial score (nSPS) is 12.6. The quantitative estimate of drug-likeness (QED) is 0.174. The first-order valence-corrected chi connectivity index (χ1v) is 21.5. The lowest BCUT2D eigenvalue weighted by Crippen LogP contribution is -2.19. The minimum Gasteiger partial charge on any atom is -0.309 e. The second-order valence-electron chi connectivity index (χ2n) is 16.5. The Bertz CT molecular complexity index is 3880. The van der Waals surface area contributed by atoms with E-state index in [0.29, 0.717) is 11.3 Å². The van der Waals surface area contributed by atoms with Crippen molar-refractivity contribution in [2.45, 2.75) is 19.3 Å². The van der Waals surface area contributed by atoms with E-state index in [4.69, 9.17) is 0 Å². The molecule has 6 heteroatoms. The highest BCUT2D eigenvalue weighted by Crippen LogP contribution is 2.49. The topological polar surface area (TPSA) is 67.3 Å². The largest absolute Gasteiger partial charge is 0.309 e. The molecular formula is C57H36N6. The van der Waals surface area contributed by atoms with Gasteiger partial charge < -0.3 is 18.3 Å². The van der Waals surface area contributed by atoms with Gasteiger partial charge in [0.1, 0.15) is 11.6 Å². The Morgan fingerprint density at radius 3 is 1.17 bits per heavy atom. The van der Waals surface area contributed by atoms with Crippen LogP contribution < -0.4 is 0 Å². The van der Waals surface area contributed by atoms with Gasteiger partial charge in [-0.25, -0.2) is 0 Å². The molecule has 0 amide bonds. The lowest BCUT2D eigenvalue weighted by atomic mass is 9.96. The van der Waals surface area contributed by atoms with Gasteiger partial charge in [0.25, 0.3) is 0 Å². The molecule has 0 aliphatic heterocycles. The average Bonchev–Trinajstić information content (AvgIpc) is 4.07. The number of fused-ring (bicyclic) bond motifs is 12. The van der Waals surface area contributed by atoms with Gasteiger partial charge in [0.15, 0.2) is 0 Å². The number of nitriles is 2. The Morgan fingerprint density at radius 1 is 0.397 bits per heavy atom. The zero-order chi connectivity index (χ0) is 41.8. The molecule has 8 aromatic carbocycles.